The van der Waals surface area contributed by atoms with E-state index in [1.165, 1.54) is 6.61 Å². The van der Waals surface area contributed by atoms with Gasteiger partial charge in [-0.05, 0) is 19.1 Å². The Morgan fingerprint density at radius 2 is 1.82 bits per heavy atom. The van der Waals surface area contributed by atoms with E-state index in [0.717, 1.165) is 0 Å². The van der Waals surface area contributed by atoms with E-state index in [9.17, 15) is 0 Å². The van der Waals surface area contributed by atoms with Crippen LogP contribution in [-0.4, -0.2) is 0 Å². The number of hydrogen-bond donors (Lipinski definition) is 0. The molecular formula is C8H7Cl2O. The van der Waals surface area contributed by atoms with Crippen molar-refractivity contribution in [1.29, 1.82) is 0 Å². The fourth-order valence-electron chi connectivity index (χ4n) is 0.713. The maximum absolute atomic E-state index is 5.78. The van der Waals surface area contributed by atoms with Crippen molar-refractivity contribution in [3.05, 3.63) is 34.9 Å². The van der Waals surface area contributed by atoms with Gasteiger partial charge in [-0.2, -0.15) is 0 Å². The molecule has 0 unspecified atom stereocenters. The molecule has 0 heterocycles. The zero-order valence-electron chi connectivity index (χ0n) is 5.97. The highest BCUT2D eigenvalue weighted by Crippen LogP contribution is 2.32. The third-order valence-corrected chi connectivity index (χ3v) is 1.75. The zero-order valence-corrected chi connectivity index (χ0v) is 7.49. The van der Waals surface area contributed by atoms with Gasteiger partial charge in [0.15, 0.2) is 5.75 Å². The molecule has 1 aromatic carbocycles. The monoisotopic (exact) mass is 189 g/mol. The van der Waals surface area contributed by atoms with Gasteiger partial charge in [0.25, 0.3) is 0 Å². The lowest BCUT2D eigenvalue weighted by Gasteiger charge is -2.05. The van der Waals surface area contributed by atoms with Gasteiger partial charge < -0.3 is 4.74 Å². The van der Waals surface area contributed by atoms with Crippen LogP contribution in [0.1, 0.15) is 6.92 Å². The molecule has 0 saturated carbocycles. The molecule has 0 N–H and O–H groups in total. The van der Waals surface area contributed by atoms with Crippen LogP contribution in [0, 0.1) is 6.61 Å². The fourth-order valence-corrected chi connectivity index (χ4v) is 1.20. The van der Waals surface area contributed by atoms with Gasteiger partial charge in [-0.1, -0.05) is 29.3 Å². The Balaban J connectivity index is 3.00. The fraction of sp³-hybridized carbons (Fsp3) is 0.125. The van der Waals surface area contributed by atoms with Crippen molar-refractivity contribution >= 4 is 23.2 Å². The van der Waals surface area contributed by atoms with Gasteiger partial charge >= 0.3 is 0 Å². The summed E-state index contributed by atoms with van der Waals surface area (Å²) in [5, 5.41) is 1.05. The Morgan fingerprint density at radius 1 is 1.27 bits per heavy atom. The molecule has 0 bridgehead atoms. The first-order valence-corrected chi connectivity index (χ1v) is 3.90. The lowest BCUT2D eigenvalue weighted by molar-refractivity contribution is 0.417. The van der Waals surface area contributed by atoms with E-state index in [1.54, 1.807) is 25.1 Å². The topological polar surface area (TPSA) is 9.23 Å². The molecule has 0 aromatic heterocycles. The number of para-hydroxylation sites is 1. The van der Waals surface area contributed by atoms with E-state index in [-0.39, 0.29) is 0 Å². The van der Waals surface area contributed by atoms with Crippen molar-refractivity contribution in [2.45, 2.75) is 6.92 Å². The number of halogens is 2. The molecule has 0 aliphatic rings. The summed E-state index contributed by atoms with van der Waals surface area (Å²) in [6, 6.07) is 5.23. The molecule has 0 saturated heterocycles. The standard InChI is InChI=1S/C8H7Cl2O/c1-2-11-8-6(9)4-3-5-7(8)10/h2-5H,1H3. The van der Waals surface area contributed by atoms with Gasteiger partial charge in [0, 0.05) is 0 Å². The predicted octanol–water partition coefficient (Wildman–Crippen LogP) is 3.55. The van der Waals surface area contributed by atoms with Gasteiger partial charge in [-0.15, -0.1) is 0 Å². The molecule has 3 heteroatoms. The van der Waals surface area contributed by atoms with Crippen molar-refractivity contribution in [2.75, 3.05) is 0 Å². The molecule has 0 atom stereocenters. The predicted molar refractivity (Wildman–Crippen MR) is 47.1 cm³/mol. The molecule has 59 valence electrons. The zero-order chi connectivity index (χ0) is 8.27. The van der Waals surface area contributed by atoms with E-state index in [2.05, 4.69) is 0 Å². The minimum absolute atomic E-state index is 0.512. The summed E-state index contributed by atoms with van der Waals surface area (Å²) in [6.07, 6.45) is 0. The van der Waals surface area contributed by atoms with Crippen molar-refractivity contribution in [3.63, 3.8) is 0 Å². The summed E-state index contributed by atoms with van der Waals surface area (Å²) >= 11 is 11.6. The molecule has 0 aliphatic heterocycles. The van der Waals surface area contributed by atoms with Crippen LogP contribution >= 0.6 is 23.2 Å². The SMILES string of the molecule is C[CH]Oc1c(Cl)cccc1Cl. The lowest BCUT2D eigenvalue weighted by atomic mass is 10.3. The largest absolute Gasteiger partial charge is 0.484 e. The second kappa shape index (κ2) is 3.84. The van der Waals surface area contributed by atoms with Gasteiger partial charge in [0.1, 0.15) is 6.61 Å². The molecule has 0 amide bonds. The van der Waals surface area contributed by atoms with E-state index >= 15 is 0 Å². The molecule has 1 rings (SSSR count). The summed E-state index contributed by atoms with van der Waals surface area (Å²) in [5.74, 6) is 0.512. The lowest BCUT2D eigenvalue weighted by Crippen LogP contribution is -1.86. The summed E-state index contributed by atoms with van der Waals surface area (Å²) in [6.45, 7) is 3.30. The number of ether oxygens (including phenoxy) is 1. The highest BCUT2D eigenvalue weighted by Gasteiger charge is 2.04. The molecule has 1 radical (unpaired) electrons. The molecule has 0 spiro atoms. The van der Waals surface area contributed by atoms with Crippen LogP contribution < -0.4 is 4.74 Å². The van der Waals surface area contributed by atoms with Crippen molar-refractivity contribution in [2.24, 2.45) is 0 Å². The van der Waals surface area contributed by atoms with Crippen LogP contribution in [0.25, 0.3) is 0 Å². The van der Waals surface area contributed by atoms with Crippen LogP contribution in [0.2, 0.25) is 10.0 Å². The van der Waals surface area contributed by atoms with Crippen LogP contribution in [0.3, 0.4) is 0 Å². The molecule has 1 nitrogen and oxygen atoms in total. The Morgan fingerprint density at radius 3 is 2.27 bits per heavy atom. The van der Waals surface area contributed by atoms with E-state index in [1.807, 2.05) is 0 Å². The van der Waals surface area contributed by atoms with E-state index < -0.39 is 0 Å². The van der Waals surface area contributed by atoms with Crippen LogP contribution in [-0.2, 0) is 0 Å². The first-order chi connectivity index (χ1) is 5.25. The van der Waals surface area contributed by atoms with Crippen LogP contribution in [0.4, 0.5) is 0 Å². The number of hydrogen-bond acceptors (Lipinski definition) is 1. The van der Waals surface area contributed by atoms with Gasteiger partial charge in [0.2, 0.25) is 0 Å². The summed E-state index contributed by atoms with van der Waals surface area (Å²) in [7, 11) is 0. The van der Waals surface area contributed by atoms with Crippen molar-refractivity contribution in [1.82, 2.24) is 0 Å². The quantitative estimate of drug-likeness (QED) is 0.692. The van der Waals surface area contributed by atoms with Gasteiger partial charge in [0.05, 0.1) is 10.0 Å². The second-order valence-corrected chi connectivity index (χ2v) is 2.72. The maximum Gasteiger partial charge on any atom is 0.157 e. The Kier molecular flexibility index (Phi) is 3.03. The Bertz CT molecular complexity index is 228. The van der Waals surface area contributed by atoms with Crippen molar-refractivity contribution < 1.29 is 4.74 Å². The normalized spacial score (nSPS) is 9.73. The number of rotatable bonds is 2. The molecule has 0 fully saturated rings. The summed E-state index contributed by atoms with van der Waals surface area (Å²) in [4.78, 5) is 0. The summed E-state index contributed by atoms with van der Waals surface area (Å²) in [5.41, 5.74) is 0. The summed E-state index contributed by atoms with van der Waals surface area (Å²) < 4.78 is 5.08. The third-order valence-electron chi connectivity index (χ3n) is 1.15. The minimum Gasteiger partial charge on any atom is -0.484 e. The van der Waals surface area contributed by atoms with E-state index in [0.29, 0.717) is 15.8 Å². The molecule has 0 aliphatic carbocycles. The number of benzene rings is 1. The highest BCUT2D eigenvalue weighted by atomic mass is 35.5. The van der Waals surface area contributed by atoms with Gasteiger partial charge in [-0.25, -0.2) is 0 Å². The van der Waals surface area contributed by atoms with Crippen molar-refractivity contribution in [3.8, 4) is 5.75 Å². The van der Waals surface area contributed by atoms with E-state index in [4.69, 9.17) is 27.9 Å². The Labute approximate surface area is 75.9 Å². The van der Waals surface area contributed by atoms with Gasteiger partial charge in [-0.3, -0.25) is 0 Å². The molecule has 1 aromatic rings. The first kappa shape index (κ1) is 8.69. The van der Waals surface area contributed by atoms with Crippen LogP contribution in [0.5, 0.6) is 5.75 Å². The van der Waals surface area contributed by atoms with Crippen LogP contribution in [0.15, 0.2) is 18.2 Å². The highest BCUT2D eigenvalue weighted by molar-refractivity contribution is 6.37. The smallest absolute Gasteiger partial charge is 0.157 e. The third kappa shape index (κ3) is 2.01. The first-order valence-electron chi connectivity index (χ1n) is 3.14. The molecule has 11 heavy (non-hydrogen) atoms. The maximum atomic E-state index is 5.78. The Hall–Kier alpha value is -0.400. The minimum atomic E-state index is 0.512. The average Bonchev–Trinajstić information content (AvgIpc) is 1.97. The average molecular weight is 190 g/mol. The second-order valence-electron chi connectivity index (χ2n) is 1.90. The molecular weight excluding hydrogens is 183 g/mol.